The number of hydrogen-bond donors (Lipinski definition) is 1. The van der Waals surface area contributed by atoms with Gasteiger partial charge < -0.3 is 14.6 Å². The maximum Gasteiger partial charge on any atom is 0.411 e. The summed E-state index contributed by atoms with van der Waals surface area (Å²) in [5, 5.41) is 8.93. The Labute approximate surface area is 113 Å². The van der Waals surface area contributed by atoms with Gasteiger partial charge in [-0.05, 0) is 34.6 Å². The number of carbonyl (C=O) groups is 2. The first-order chi connectivity index (χ1) is 8.53. The monoisotopic (exact) mass is 273 g/mol. The zero-order chi connectivity index (χ0) is 14.8. The molecule has 1 amide bonds. The molecule has 0 aliphatic carbocycles. The van der Waals surface area contributed by atoms with E-state index in [0.717, 1.165) is 0 Å². The molecule has 1 unspecified atom stereocenters. The highest BCUT2D eigenvalue weighted by Crippen LogP contribution is 2.27. The zero-order valence-corrected chi connectivity index (χ0v) is 12.2. The van der Waals surface area contributed by atoms with E-state index in [1.165, 1.54) is 4.90 Å². The van der Waals surface area contributed by atoms with Crippen LogP contribution in [-0.2, 0) is 14.3 Å². The summed E-state index contributed by atoms with van der Waals surface area (Å²) < 4.78 is 10.8. The predicted octanol–water partition coefficient (Wildman–Crippen LogP) is 1.88. The number of aliphatic carboxylic acids is 1. The fraction of sp³-hybridized carbons (Fsp3) is 0.846. The summed E-state index contributed by atoms with van der Waals surface area (Å²) in [6.07, 6.45) is -0.644. The molecule has 0 aromatic heterocycles. The number of carboxylic acid groups (broad SMARTS) is 1. The topological polar surface area (TPSA) is 76.1 Å². The van der Waals surface area contributed by atoms with Gasteiger partial charge in [-0.15, -0.1) is 0 Å². The standard InChI is InChI=1S/C13H23NO5/c1-12(2,3)19-11(17)14-9(6-10(15)16)7-18-8-13(14,4)5/h9H,6-8H2,1-5H3,(H,15,16). The Kier molecular flexibility index (Phi) is 4.45. The average Bonchev–Trinajstić information content (AvgIpc) is 2.11. The number of ether oxygens (including phenoxy) is 2. The third-order valence-corrected chi connectivity index (χ3v) is 2.78. The van der Waals surface area contributed by atoms with Crippen molar-refractivity contribution in [2.24, 2.45) is 0 Å². The second-order valence-electron chi connectivity index (χ2n) is 6.43. The number of carbonyl (C=O) groups excluding carboxylic acids is 1. The van der Waals surface area contributed by atoms with E-state index in [4.69, 9.17) is 14.6 Å². The highest BCUT2D eigenvalue weighted by molar-refractivity contribution is 5.72. The van der Waals surface area contributed by atoms with Crippen LogP contribution >= 0.6 is 0 Å². The molecule has 6 heteroatoms. The maximum atomic E-state index is 12.3. The number of rotatable bonds is 2. The van der Waals surface area contributed by atoms with Crippen LogP contribution in [0.4, 0.5) is 4.79 Å². The van der Waals surface area contributed by atoms with Crippen LogP contribution in [0.1, 0.15) is 41.0 Å². The highest BCUT2D eigenvalue weighted by atomic mass is 16.6. The second-order valence-corrected chi connectivity index (χ2v) is 6.43. The van der Waals surface area contributed by atoms with Crippen LogP contribution in [0.15, 0.2) is 0 Å². The van der Waals surface area contributed by atoms with Crippen LogP contribution in [0.2, 0.25) is 0 Å². The Balaban J connectivity index is 2.92. The van der Waals surface area contributed by atoms with Crippen molar-refractivity contribution in [1.82, 2.24) is 4.90 Å². The van der Waals surface area contributed by atoms with E-state index in [9.17, 15) is 9.59 Å². The van der Waals surface area contributed by atoms with Crippen LogP contribution in [0.5, 0.6) is 0 Å². The third-order valence-electron chi connectivity index (χ3n) is 2.78. The SMILES string of the molecule is CC(C)(C)OC(=O)N1C(CC(=O)O)COCC1(C)C. The first-order valence-corrected chi connectivity index (χ1v) is 6.35. The van der Waals surface area contributed by atoms with Crippen LogP contribution in [0, 0.1) is 0 Å². The van der Waals surface area contributed by atoms with Crippen molar-refractivity contribution in [2.75, 3.05) is 13.2 Å². The summed E-state index contributed by atoms with van der Waals surface area (Å²) >= 11 is 0. The summed E-state index contributed by atoms with van der Waals surface area (Å²) in [5.41, 5.74) is -1.19. The molecule has 0 bridgehead atoms. The number of amides is 1. The Hall–Kier alpha value is -1.30. The lowest BCUT2D eigenvalue weighted by Crippen LogP contribution is -2.61. The lowest BCUT2D eigenvalue weighted by molar-refractivity contribution is -0.143. The molecule has 19 heavy (non-hydrogen) atoms. The van der Waals surface area contributed by atoms with Crippen molar-refractivity contribution >= 4 is 12.1 Å². The van der Waals surface area contributed by atoms with Gasteiger partial charge in [0.05, 0.1) is 31.2 Å². The summed E-state index contributed by atoms with van der Waals surface area (Å²) in [6.45, 7) is 9.60. The molecule has 0 spiro atoms. The second kappa shape index (κ2) is 5.36. The third kappa shape index (κ3) is 4.38. The number of hydrogen-bond acceptors (Lipinski definition) is 4. The van der Waals surface area contributed by atoms with Gasteiger partial charge in [0, 0.05) is 0 Å². The van der Waals surface area contributed by atoms with Gasteiger partial charge in [0.1, 0.15) is 5.60 Å². The Morgan fingerprint density at radius 1 is 1.42 bits per heavy atom. The molecule has 1 rings (SSSR count). The van der Waals surface area contributed by atoms with Gasteiger partial charge in [0.25, 0.3) is 0 Å². The number of nitrogens with zero attached hydrogens (tertiary/aromatic N) is 1. The van der Waals surface area contributed by atoms with Gasteiger partial charge in [-0.3, -0.25) is 9.69 Å². The molecule has 1 N–H and O–H groups in total. The van der Waals surface area contributed by atoms with E-state index in [0.29, 0.717) is 6.61 Å². The molecular weight excluding hydrogens is 250 g/mol. The van der Waals surface area contributed by atoms with Gasteiger partial charge in [0.15, 0.2) is 0 Å². The molecule has 6 nitrogen and oxygen atoms in total. The highest BCUT2D eigenvalue weighted by Gasteiger charge is 2.43. The number of carboxylic acids is 1. The molecule has 1 fully saturated rings. The quantitative estimate of drug-likeness (QED) is 0.831. The first-order valence-electron chi connectivity index (χ1n) is 6.35. The largest absolute Gasteiger partial charge is 0.481 e. The van der Waals surface area contributed by atoms with Crippen LogP contribution in [-0.4, -0.2) is 52.5 Å². The summed E-state index contributed by atoms with van der Waals surface area (Å²) in [6, 6.07) is -0.504. The molecule has 1 aliphatic heterocycles. The minimum atomic E-state index is -0.958. The van der Waals surface area contributed by atoms with Gasteiger partial charge in [-0.1, -0.05) is 0 Å². The summed E-state index contributed by atoms with van der Waals surface area (Å²) in [4.78, 5) is 24.7. The fourth-order valence-electron chi connectivity index (χ4n) is 2.14. The first kappa shape index (κ1) is 15.8. The minimum Gasteiger partial charge on any atom is -0.481 e. The smallest absolute Gasteiger partial charge is 0.411 e. The van der Waals surface area contributed by atoms with Crippen molar-refractivity contribution in [3.63, 3.8) is 0 Å². The number of morpholine rings is 1. The lowest BCUT2D eigenvalue weighted by atomic mass is 9.98. The molecule has 0 aromatic carbocycles. The van der Waals surface area contributed by atoms with Crippen molar-refractivity contribution in [3.8, 4) is 0 Å². The molecule has 1 heterocycles. The zero-order valence-electron chi connectivity index (χ0n) is 12.2. The average molecular weight is 273 g/mol. The van der Waals surface area contributed by atoms with Crippen molar-refractivity contribution in [1.29, 1.82) is 0 Å². The van der Waals surface area contributed by atoms with E-state index < -0.39 is 29.2 Å². The van der Waals surface area contributed by atoms with Crippen molar-refractivity contribution in [3.05, 3.63) is 0 Å². The molecule has 0 saturated carbocycles. The Morgan fingerprint density at radius 3 is 2.47 bits per heavy atom. The molecule has 110 valence electrons. The molecule has 1 aliphatic rings. The Bertz CT molecular complexity index is 359. The van der Waals surface area contributed by atoms with Gasteiger partial charge >= 0.3 is 12.1 Å². The predicted molar refractivity (Wildman–Crippen MR) is 69.0 cm³/mol. The van der Waals surface area contributed by atoms with Gasteiger partial charge in [-0.25, -0.2) is 4.79 Å². The van der Waals surface area contributed by atoms with Crippen molar-refractivity contribution in [2.45, 2.75) is 58.2 Å². The van der Waals surface area contributed by atoms with Crippen molar-refractivity contribution < 1.29 is 24.2 Å². The maximum absolute atomic E-state index is 12.3. The summed E-state index contributed by atoms with van der Waals surface area (Å²) in [5.74, 6) is -0.958. The van der Waals surface area contributed by atoms with E-state index >= 15 is 0 Å². The lowest BCUT2D eigenvalue weighted by Gasteiger charge is -2.46. The molecule has 0 radical (unpaired) electrons. The summed E-state index contributed by atoms with van der Waals surface area (Å²) in [7, 11) is 0. The molecule has 1 saturated heterocycles. The van der Waals surface area contributed by atoms with Gasteiger partial charge in [0.2, 0.25) is 0 Å². The van der Waals surface area contributed by atoms with Crippen LogP contribution < -0.4 is 0 Å². The molecule has 1 atom stereocenters. The van der Waals surface area contributed by atoms with Gasteiger partial charge in [-0.2, -0.15) is 0 Å². The molecule has 0 aromatic rings. The van der Waals surface area contributed by atoms with E-state index in [-0.39, 0.29) is 13.0 Å². The fourth-order valence-corrected chi connectivity index (χ4v) is 2.14. The minimum absolute atomic E-state index is 0.150. The van der Waals surface area contributed by atoms with E-state index in [2.05, 4.69) is 0 Å². The van der Waals surface area contributed by atoms with E-state index in [1.807, 2.05) is 13.8 Å². The Morgan fingerprint density at radius 2 is 2.00 bits per heavy atom. The van der Waals surface area contributed by atoms with Crippen LogP contribution in [0.3, 0.4) is 0 Å². The molecular formula is C13H23NO5. The normalized spacial score (nSPS) is 23.0. The van der Waals surface area contributed by atoms with E-state index in [1.54, 1.807) is 20.8 Å². The van der Waals surface area contributed by atoms with Crippen LogP contribution in [0.25, 0.3) is 0 Å².